The molecule has 0 aliphatic rings. The van der Waals surface area contributed by atoms with Crippen LogP contribution >= 0.6 is 11.6 Å². The minimum absolute atomic E-state index is 0.104. The zero-order chi connectivity index (χ0) is 14.8. The lowest BCUT2D eigenvalue weighted by Gasteiger charge is -2.09. The van der Waals surface area contributed by atoms with Crippen molar-refractivity contribution in [3.63, 3.8) is 0 Å². The van der Waals surface area contributed by atoms with Gasteiger partial charge in [0.15, 0.2) is 0 Å². The number of fused-ring (bicyclic) bond motifs is 1. The maximum Gasteiger partial charge on any atom is 0.246 e. The number of para-hydroxylation sites is 1. The largest absolute Gasteiger partial charge is 0.324 e. The van der Waals surface area contributed by atoms with Gasteiger partial charge in [0.25, 0.3) is 0 Å². The highest BCUT2D eigenvalue weighted by atomic mass is 35.5. The number of nitrogens with zero attached hydrogens (tertiary/aromatic N) is 3. The number of halogens is 1. The minimum Gasteiger partial charge on any atom is -0.324 e. The van der Waals surface area contributed by atoms with Crippen LogP contribution in [0.5, 0.6) is 0 Å². The van der Waals surface area contributed by atoms with Gasteiger partial charge in [0.1, 0.15) is 12.1 Å². The zero-order valence-corrected chi connectivity index (χ0v) is 12.1. The second-order valence-corrected chi connectivity index (χ2v) is 5.10. The standard InChI is InChI=1S/C15H13ClN4O/c1-10-11(16)5-4-7-12(10)17-15(21)9-20-14-8-3-2-6-13(14)18-19-20/h2-8H,9H2,1H3,(H,17,21). The molecular formula is C15H13ClN4O. The Bertz CT molecular complexity index is 812. The highest BCUT2D eigenvalue weighted by Gasteiger charge is 2.10. The minimum atomic E-state index is -0.170. The van der Waals surface area contributed by atoms with Crippen LogP contribution in [0, 0.1) is 6.92 Å². The monoisotopic (exact) mass is 300 g/mol. The van der Waals surface area contributed by atoms with Gasteiger partial charge in [-0.2, -0.15) is 0 Å². The zero-order valence-electron chi connectivity index (χ0n) is 11.4. The summed E-state index contributed by atoms with van der Waals surface area (Å²) in [6.45, 7) is 1.97. The van der Waals surface area contributed by atoms with Gasteiger partial charge in [-0.05, 0) is 36.8 Å². The first-order valence-electron chi connectivity index (χ1n) is 6.48. The van der Waals surface area contributed by atoms with Crippen molar-refractivity contribution in [3.8, 4) is 0 Å². The maximum atomic E-state index is 12.1. The van der Waals surface area contributed by atoms with E-state index in [0.717, 1.165) is 16.6 Å². The van der Waals surface area contributed by atoms with E-state index in [1.54, 1.807) is 16.8 Å². The van der Waals surface area contributed by atoms with Crippen LogP contribution in [0.15, 0.2) is 42.5 Å². The molecule has 21 heavy (non-hydrogen) atoms. The van der Waals surface area contributed by atoms with Gasteiger partial charge in [0.05, 0.1) is 5.52 Å². The lowest BCUT2D eigenvalue weighted by molar-refractivity contribution is -0.116. The van der Waals surface area contributed by atoms with Gasteiger partial charge < -0.3 is 5.32 Å². The highest BCUT2D eigenvalue weighted by Crippen LogP contribution is 2.22. The fraction of sp³-hybridized carbons (Fsp3) is 0.133. The molecule has 3 rings (SSSR count). The molecule has 2 aromatic carbocycles. The van der Waals surface area contributed by atoms with E-state index < -0.39 is 0 Å². The number of amides is 1. The number of hydrogen-bond donors (Lipinski definition) is 1. The van der Waals surface area contributed by atoms with Crippen LogP contribution in [0.2, 0.25) is 5.02 Å². The van der Waals surface area contributed by atoms with Crippen molar-refractivity contribution in [3.05, 3.63) is 53.1 Å². The number of rotatable bonds is 3. The normalized spacial score (nSPS) is 10.8. The molecule has 0 spiro atoms. The van der Waals surface area contributed by atoms with Crippen molar-refractivity contribution >= 4 is 34.2 Å². The molecule has 3 aromatic rings. The quantitative estimate of drug-likeness (QED) is 0.809. The van der Waals surface area contributed by atoms with Gasteiger partial charge in [0.2, 0.25) is 5.91 Å². The van der Waals surface area contributed by atoms with Crippen molar-refractivity contribution in [1.82, 2.24) is 15.0 Å². The smallest absolute Gasteiger partial charge is 0.246 e. The molecule has 106 valence electrons. The van der Waals surface area contributed by atoms with E-state index >= 15 is 0 Å². The number of hydrogen-bond acceptors (Lipinski definition) is 3. The SMILES string of the molecule is Cc1c(Cl)cccc1NC(=O)Cn1nnc2ccccc21. The predicted molar refractivity (Wildman–Crippen MR) is 82.3 cm³/mol. The Morgan fingerprint density at radius 3 is 2.90 bits per heavy atom. The van der Waals surface area contributed by atoms with E-state index in [2.05, 4.69) is 15.6 Å². The van der Waals surface area contributed by atoms with Gasteiger partial charge in [-0.15, -0.1) is 5.10 Å². The molecule has 0 atom stereocenters. The summed E-state index contributed by atoms with van der Waals surface area (Å²) in [5, 5.41) is 11.5. The Kier molecular flexibility index (Phi) is 3.58. The van der Waals surface area contributed by atoms with Crippen molar-refractivity contribution in [2.45, 2.75) is 13.5 Å². The van der Waals surface area contributed by atoms with E-state index in [0.29, 0.717) is 10.7 Å². The third-order valence-electron chi connectivity index (χ3n) is 3.26. The highest BCUT2D eigenvalue weighted by molar-refractivity contribution is 6.31. The predicted octanol–water partition coefficient (Wildman–Crippen LogP) is 3.03. The Balaban J connectivity index is 1.79. The van der Waals surface area contributed by atoms with Crippen molar-refractivity contribution in [2.75, 3.05) is 5.32 Å². The molecule has 5 nitrogen and oxygen atoms in total. The van der Waals surface area contributed by atoms with E-state index in [4.69, 9.17) is 11.6 Å². The summed E-state index contributed by atoms with van der Waals surface area (Å²) >= 11 is 6.04. The maximum absolute atomic E-state index is 12.1. The topological polar surface area (TPSA) is 59.8 Å². The van der Waals surface area contributed by atoms with Crippen molar-refractivity contribution < 1.29 is 4.79 Å². The molecule has 1 aromatic heterocycles. The average molecular weight is 301 g/mol. The number of carbonyl (C=O) groups excluding carboxylic acids is 1. The van der Waals surface area contributed by atoms with Crippen molar-refractivity contribution in [2.24, 2.45) is 0 Å². The van der Waals surface area contributed by atoms with Gasteiger partial charge in [-0.25, -0.2) is 4.68 Å². The summed E-state index contributed by atoms with van der Waals surface area (Å²) < 4.78 is 1.57. The number of aromatic nitrogens is 3. The molecule has 6 heteroatoms. The molecule has 0 aliphatic carbocycles. The van der Waals surface area contributed by atoms with Crippen LogP contribution in [0.25, 0.3) is 11.0 Å². The van der Waals surface area contributed by atoms with E-state index in [9.17, 15) is 4.79 Å². The molecule has 1 amide bonds. The number of anilines is 1. The molecular weight excluding hydrogens is 288 g/mol. The summed E-state index contributed by atoms with van der Waals surface area (Å²) in [6.07, 6.45) is 0. The number of nitrogens with one attached hydrogen (secondary N) is 1. The molecule has 0 aliphatic heterocycles. The summed E-state index contributed by atoms with van der Waals surface area (Å²) in [4.78, 5) is 12.1. The third-order valence-corrected chi connectivity index (χ3v) is 3.66. The van der Waals surface area contributed by atoms with Gasteiger partial charge >= 0.3 is 0 Å². The molecule has 0 radical (unpaired) electrons. The second kappa shape index (κ2) is 5.54. The summed E-state index contributed by atoms with van der Waals surface area (Å²) in [7, 11) is 0. The Morgan fingerprint density at radius 2 is 2.05 bits per heavy atom. The fourth-order valence-corrected chi connectivity index (χ4v) is 2.28. The van der Waals surface area contributed by atoms with Crippen LogP contribution in [-0.2, 0) is 11.3 Å². The summed E-state index contributed by atoms with van der Waals surface area (Å²) in [6, 6.07) is 12.9. The van der Waals surface area contributed by atoms with E-state index in [1.807, 2.05) is 37.3 Å². The fourth-order valence-electron chi connectivity index (χ4n) is 2.10. The number of benzene rings is 2. The molecule has 0 saturated heterocycles. The Morgan fingerprint density at radius 1 is 1.24 bits per heavy atom. The van der Waals surface area contributed by atoms with Crippen LogP contribution in [-0.4, -0.2) is 20.9 Å². The van der Waals surface area contributed by atoms with Crippen LogP contribution in [0.3, 0.4) is 0 Å². The summed E-state index contributed by atoms with van der Waals surface area (Å²) in [5.74, 6) is -0.170. The van der Waals surface area contributed by atoms with Gasteiger partial charge in [0, 0.05) is 10.7 Å². The third kappa shape index (κ3) is 2.73. The first-order valence-corrected chi connectivity index (χ1v) is 6.86. The van der Waals surface area contributed by atoms with Crippen LogP contribution in [0.1, 0.15) is 5.56 Å². The first kappa shape index (κ1) is 13.6. The van der Waals surface area contributed by atoms with E-state index in [1.165, 1.54) is 0 Å². The molecule has 1 N–H and O–H groups in total. The summed E-state index contributed by atoms with van der Waals surface area (Å²) in [5.41, 5.74) is 3.15. The van der Waals surface area contributed by atoms with E-state index in [-0.39, 0.29) is 12.5 Å². The number of carbonyl (C=O) groups is 1. The molecule has 0 fully saturated rings. The van der Waals surface area contributed by atoms with Gasteiger partial charge in [-0.1, -0.05) is 35.0 Å². The molecule has 0 unspecified atom stereocenters. The van der Waals surface area contributed by atoms with Gasteiger partial charge in [-0.3, -0.25) is 4.79 Å². The van der Waals surface area contributed by atoms with Crippen LogP contribution < -0.4 is 5.32 Å². The van der Waals surface area contributed by atoms with Crippen LogP contribution in [0.4, 0.5) is 5.69 Å². The van der Waals surface area contributed by atoms with Crippen molar-refractivity contribution in [1.29, 1.82) is 0 Å². The first-order chi connectivity index (χ1) is 10.1. The second-order valence-electron chi connectivity index (χ2n) is 4.70. The molecule has 1 heterocycles. The lowest BCUT2D eigenvalue weighted by Crippen LogP contribution is -2.20. The Hall–Kier alpha value is -2.40. The molecule has 0 bridgehead atoms. The lowest BCUT2D eigenvalue weighted by atomic mass is 10.2. The molecule has 0 saturated carbocycles. The average Bonchev–Trinajstić information content (AvgIpc) is 2.87. The Labute approximate surface area is 126 Å².